The summed E-state index contributed by atoms with van der Waals surface area (Å²) < 4.78 is 33.3. The van der Waals surface area contributed by atoms with E-state index in [0.717, 1.165) is 0 Å². The molecule has 0 spiro atoms. The highest BCUT2D eigenvalue weighted by atomic mass is 32.3. The lowest BCUT2D eigenvalue weighted by Crippen LogP contribution is -1.84. The highest BCUT2D eigenvalue weighted by molar-refractivity contribution is 8.01. The molecule has 0 aromatic rings. The lowest BCUT2D eigenvalue weighted by molar-refractivity contribution is 0.460. The van der Waals surface area contributed by atoms with Crippen LogP contribution in [0.1, 0.15) is 0 Å². The predicted octanol–water partition coefficient (Wildman–Crippen LogP) is 0.372. The van der Waals surface area contributed by atoms with E-state index in [-0.39, 0.29) is 12.0 Å². The van der Waals surface area contributed by atoms with E-state index in [9.17, 15) is 13.2 Å². The van der Waals surface area contributed by atoms with E-state index in [0.29, 0.717) is 0 Å². The van der Waals surface area contributed by atoms with Crippen molar-refractivity contribution in [1.82, 2.24) is 0 Å². The first-order valence-corrected chi connectivity index (χ1v) is 3.13. The van der Waals surface area contributed by atoms with Crippen molar-refractivity contribution in [2.75, 3.05) is 6.01 Å². The predicted molar refractivity (Wildman–Crippen MR) is 23.6 cm³/mol. The van der Waals surface area contributed by atoms with Gasteiger partial charge in [-0.1, -0.05) is 0 Å². The largest absolute Gasteiger partial charge is 0.749 e. The van der Waals surface area contributed by atoms with Crippen molar-refractivity contribution in [2.45, 2.75) is 0 Å². The molecule has 1 atom stereocenters. The van der Waals surface area contributed by atoms with Crippen LogP contribution in [0.25, 0.3) is 0 Å². The van der Waals surface area contributed by atoms with Crippen molar-refractivity contribution >= 4 is 23.4 Å². The summed E-state index contributed by atoms with van der Waals surface area (Å²) in [6.07, 6.45) is 0. The summed E-state index contributed by atoms with van der Waals surface area (Å²) >= 11 is -2.36. The Morgan fingerprint density at radius 3 is 2.71 bits per heavy atom. The summed E-state index contributed by atoms with van der Waals surface area (Å²) in [7, 11) is 0. The summed E-state index contributed by atoms with van der Waals surface area (Å²) in [5.74, 6) is 0. The molecule has 0 radical (unpaired) electrons. The molecule has 0 heterocycles. The first-order valence-electron chi connectivity index (χ1n) is 1.22. The second kappa shape index (κ2) is 4.51. The Hall–Kier alpha value is 0.350. The maximum absolute atomic E-state index is 10.9. The summed E-state index contributed by atoms with van der Waals surface area (Å²) in [6, 6.07) is -0.853. The minimum Gasteiger partial charge on any atom is -0.749 e. The molecule has 1 unspecified atom stereocenters. The lowest BCUT2D eigenvalue weighted by atomic mass is 11.8. The molecule has 0 bridgehead atoms. The van der Waals surface area contributed by atoms with Crippen LogP contribution < -0.4 is 0 Å². The van der Waals surface area contributed by atoms with Gasteiger partial charge in [0, 0.05) is 12.0 Å². The van der Waals surface area contributed by atoms with Gasteiger partial charge in [0.25, 0.3) is 0 Å². The van der Waals surface area contributed by atoms with Crippen LogP contribution >= 0.6 is 12.0 Å². The zero-order valence-electron chi connectivity index (χ0n) is 3.13. The molecule has 0 aromatic carbocycles. The van der Waals surface area contributed by atoms with Crippen LogP contribution in [0.15, 0.2) is 0 Å². The first-order chi connectivity index (χ1) is 3.27. The Bertz CT molecular complexity index is 66.0. The number of rotatable bonds is 3. The highest BCUT2D eigenvalue weighted by Gasteiger charge is 1.81. The molecule has 0 amide bonds. The molecule has 0 saturated heterocycles. The molecule has 3 nitrogen and oxygen atoms in total. The number of alkyl halides is 1. The van der Waals surface area contributed by atoms with Crippen LogP contribution in [0.4, 0.5) is 4.39 Å². The van der Waals surface area contributed by atoms with Crippen LogP contribution in [0.2, 0.25) is 0 Å². The van der Waals surface area contributed by atoms with Crippen LogP contribution in [0, 0.1) is 0 Å². The molecule has 0 aliphatic carbocycles. The van der Waals surface area contributed by atoms with Gasteiger partial charge >= 0.3 is 0 Å². The Labute approximate surface area is 46.9 Å². The van der Waals surface area contributed by atoms with Crippen molar-refractivity contribution in [3.05, 3.63) is 0 Å². The second-order valence-corrected chi connectivity index (χ2v) is 1.91. The Balaban J connectivity index is 2.82. The van der Waals surface area contributed by atoms with Crippen LogP contribution in [0.3, 0.4) is 0 Å². The minimum absolute atomic E-state index is 0.237. The molecule has 44 valence electrons. The van der Waals surface area contributed by atoms with Crippen molar-refractivity contribution < 1.29 is 16.8 Å². The van der Waals surface area contributed by atoms with Crippen LogP contribution in [-0.2, 0) is 15.0 Å². The van der Waals surface area contributed by atoms with Gasteiger partial charge in [-0.05, 0) is 0 Å². The third kappa shape index (κ3) is 6.35. The molecule has 0 aromatic heterocycles. The topological polar surface area (TPSA) is 49.4 Å². The minimum atomic E-state index is -2.59. The summed E-state index contributed by atoms with van der Waals surface area (Å²) in [4.78, 5) is 0. The third-order valence-corrected chi connectivity index (χ3v) is 1.07. The Morgan fingerprint density at radius 2 is 2.57 bits per heavy atom. The van der Waals surface area contributed by atoms with Gasteiger partial charge in [-0.3, -0.25) is 0 Å². The van der Waals surface area contributed by atoms with Crippen LogP contribution in [0.5, 0.6) is 0 Å². The fraction of sp³-hybridized carbons (Fsp3) is 1.00. The van der Waals surface area contributed by atoms with E-state index in [1.807, 2.05) is 0 Å². The van der Waals surface area contributed by atoms with E-state index in [4.69, 9.17) is 0 Å². The average molecular weight is 145 g/mol. The smallest absolute Gasteiger partial charge is 0.162 e. The van der Waals surface area contributed by atoms with Crippen molar-refractivity contribution in [1.29, 1.82) is 0 Å². The maximum atomic E-state index is 10.9. The molecule has 0 saturated carbocycles. The molecule has 0 N–H and O–H groups in total. The quantitative estimate of drug-likeness (QED) is 0.425. The normalized spacial score (nSPS) is 14.0. The van der Waals surface area contributed by atoms with Gasteiger partial charge in [0.05, 0.1) is 11.4 Å². The summed E-state index contributed by atoms with van der Waals surface area (Å²) in [6.45, 7) is 0. The standard InChI is InChI=1S/CH3FO3S2/c2-1-6-5-7(3)4/h1H2,(H,3,4)/p-1. The Morgan fingerprint density at radius 1 is 2.00 bits per heavy atom. The van der Waals surface area contributed by atoms with E-state index in [2.05, 4.69) is 3.63 Å². The second-order valence-electron chi connectivity index (χ2n) is 0.499. The van der Waals surface area contributed by atoms with Gasteiger partial charge < -0.3 is 4.55 Å². The molecule has 0 rings (SSSR count). The lowest BCUT2D eigenvalue weighted by Gasteiger charge is -1.98. The average Bonchev–Trinajstić information content (AvgIpc) is 1.61. The molecular weight excluding hydrogens is 143 g/mol. The zero-order chi connectivity index (χ0) is 5.70. The maximum Gasteiger partial charge on any atom is 0.162 e. The van der Waals surface area contributed by atoms with Gasteiger partial charge in [0.1, 0.15) is 0 Å². The summed E-state index contributed by atoms with van der Waals surface area (Å²) in [5.41, 5.74) is 0. The third-order valence-electron chi connectivity index (χ3n) is 0.148. The van der Waals surface area contributed by atoms with Gasteiger partial charge in [-0.15, -0.1) is 0 Å². The highest BCUT2D eigenvalue weighted by Crippen LogP contribution is 2.02. The van der Waals surface area contributed by atoms with Gasteiger partial charge in [-0.25, -0.2) is 12.2 Å². The monoisotopic (exact) mass is 145 g/mol. The van der Waals surface area contributed by atoms with Crippen molar-refractivity contribution in [3.63, 3.8) is 0 Å². The van der Waals surface area contributed by atoms with Gasteiger partial charge in [0.15, 0.2) is 6.01 Å². The Kier molecular flexibility index (Phi) is 4.73. The van der Waals surface area contributed by atoms with E-state index in [1.165, 1.54) is 0 Å². The fourth-order valence-electron chi connectivity index (χ4n) is 0.0575. The summed E-state index contributed by atoms with van der Waals surface area (Å²) in [5, 5.41) is 0. The molecule has 0 fully saturated rings. The van der Waals surface area contributed by atoms with Gasteiger partial charge in [0.2, 0.25) is 0 Å². The van der Waals surface area contributed by atoms with Crippen molar-refractivity contribution in [2.24, 2.45) is 0 Å². The number of halogens is 1. The molecular formula is CH2FO3S2-. The van der Waals surface area contributed by atoms with E-state index in [1.54, 1.807) is 0 Å². The first kappa shape index (κ1) is 7.35. The molecule has 0 aliphatic heterocycles. The zero-order valence-corrected chi connectivity index (χ0v) is 4.76. The SMILES string of the molecule is O=S([O-])OSCF. The molecule has 7 heavy (non-hydrogen) atoms. The fourth-order valence-corrected chi connectivity index (χ4v) is 0.517. The van der Waals surface area contributed by atoms with Crippen molar-refractivity contribution in [3.8, 4) is 0 Å². The van der Waals surface area contributed by atoms with E-state index >= 15 is 0 Å². The van der Waals surface area contributed by atoms with E-state index < -0.39 is 17.4 Å². The molecule has 0 aliphatic rings. The number of hydrogen-bond donors (Lipinski definition) is 0. The van der Waals surface area contributed by atoms with Gasteiger partial charge in [-0.2, -0.15) is 0 Å². The number of hydrogen-bond acceptors (Lipinski definition) is 4. The van der Waals surface area contributed by atoms with Crippen LogP contribution in [-0.4, -0.2) is 14.8 Å². The molecule has 6 heteroatoms.